The largest absolute Gasteiger partial charge is 0.339 e. The molecule has 3 aromatic rings. The molecule has 0 aliphatic carbocycles. The second kappa shape index (κ2) is 7.61. The Morgan fingerprint density at radius 1 is 1.06 bits per heavy atom. The van der Waals surface area contributed by atoms with Crippen LogP contribution >= 0.6 is 11.6 Å². The lowest BCUT2D eigenvalue weighted by Gasteiger charge is -2.60. The van der Waals surface area contributed by atoms with Crippen LogP contribution in [0.25, 0.3) is 5.69 Å². The Hall–Kier alpha value is -3.27. The Balaban J connectivity index is 1.13. The van der Waals surface area contributed by atoms with E-state index in [-0.39, 0.29) is 23.0 Å². The Labute approximate surface area is 212 Å². The van der Waals surface area contributed by atoms with E-state index in [1.807, 2.05) is 18.2 Å². The van der Waals surface area contributed by atoms with Crippen molar-refractivity contribution >= 4 is 33.3 Å². The van der Waals surface area contributed by atoms with Crippen molar-refractivity contribution < 1.29 is 8.42 Å². The van der Waals surface area contributed by atoms with Gasteiger partial charge in [-0.1, -0.05) is 11.6 Å². The molecule has 4 aliphatic rings. The van der Waals surface area contributed by atoms with E-state index in [1.165, 1.54) is 0 Å². The molecule has 0 radical (unpaired) electrons. The van der Waals surface area contributed by atoms with Crippen molar-refractivity contribution in [3.8, 4) is 11.8 Å². The number of nitriles is 1. The lowest BCUT2D eigenvalue weighted by Crippen LogP contribution is -2.73. The minimum Gasteiger partial charge on any atom is -0.339 e. The standard InChI is InChI=1S/C23H22ClN9O2S/c24-16-1-2-19-15(5-16)7-30(18-9-36(34,35)10-18)8-20-28-29-22(33(19)20)32-13-23(14-32)11-31(12-23)21-26-4-3-17(6-25)27-21/h1-5,18H,7-14H2. The summed E-state index contributed by atoms with van der Waals surface area (Å²) in [5, 5.41) is 18.8. The van der Waals surface area contributed by atoms with Crippen LogP contribution in [0.4, 0.5) is 11.9 Å². The number of aromatic nitrogens is 5. The second-order valence-electron chi connectivity index (χ2n) is 10.2. The Bertz CT molecular complexity index is 1520. The van der Waals surface area contributed by atoms with Gasteiger partial charge in [-0.15, -0.1) is 10.2 Å². The zero-order chi connectivity index (χ0) is 24.7. The van der Waals surface area contributed by atoms with Crippen LogP contribution in [-0.4, -0.2) is 81.8 Å². The molecule has 11 nitrogen and oxygen atoms in total. The lowest BCUT2D eigenvalue weighted by atomic mass is 9.73. The summed E-state index contributed by atoms with van der Waals surface area (Å²) in [7, 11) is -2.94. The van der Waals surface area contributed by atoms with Gasteiger partial charge in [0.1, 0.15) is 11.8 Å². The monoisotopic (exact) mass is 523 g/mol. The first-order valence-electron chi connectivity index (χ1n) is 11.7. The van der Waals surface area contributed by atoms with E-state index in [9.17, 15) is 8.42 Å². The number of fused-ring (bicyclic) bond motifs is 3. The van der Waals surface area contributed by atoms with Crippen LogP contribution in [0, 0.1) is 16.7 Å². The van der Waals surface area contributed by atoms with E-state index < -0.39 is 9.84 Å². The summed E-state index contributed by atoms with van der Waals surface area (Å²) in [4.78, 5) is 15.1. The number of halogens is 1. The first kappa shape index (κ1) is 22.0. The van der Waals surface area contributed by atoms with Crippen LogP contribution in [0.1, 0.15) is 17.1 Å². The molecule has 2 aromatic heterocycles. The van der Waals surface area contributed by atoms with E-state index in [0.717, 1.165) is 49.2 Å². The zero-order valence-corrected chi connectivity index (χ0v) is 20.8. The molecule has 0 amide bonds. The smallest absolute Gasteiger partial charge is 0.231 e. The molecule has 0 N–H and O–H groups in total. The van der Waals surface area contributed by atoms with E-state index in [0.29, 0.717) is 29.8 Å². The zero-order valence-electron chi connectivity index (χ0n) is 19.2. The SMILES string of the molecule is N#Cc1ccnc(N2CC3(C2)CN(c2nnc4n2-c2ccc(Cl)cc2CN(C2CS(=O)(=O)C2)C4)C3)n1. The molecule has 0 unspecified atom stereocenters. The highest BCUT2D eigenvalue weighted by atomic mass is 35.5. The summed E-state index contributed by atoms with van der Waals surface area (Å²) >= 11 is 6.34. The number of nitrogens with zero attached hydrogens (tertiary/aromatic N) is 9. The molecule has 3 fully saturated rings. The quantitative estimate of drug-likeness (QED) is 0.491. The van der Waals surface area contributed by atoms with Gasteiger partial charge < -0.3 is 9.80 Å². The first-order chi connectivity index (χ1) is 17.3. The Kier molecular flexibility index (Phi) is 4.65. The summed E-state index contributed by atoms with van der Waals surface area (Å²) in [6.45, 7) is 4.48. The summed E-state index contributed by atoms with van der Waals surface area (Å²) < 4.78 is 25.8. The van der Waals surface area contributed by atoms with Crippen LogP contribution in [0.5, 0.6) is 0 Å². The number of sulfone groups is 1. The lowest BCUT2D eigenvalue weighted by molar-refractivity contribution is 0.152. The third-order valence-corrected chi connectivity index (χ3v) is 9.57. The maximum atomic E-state index is 11.8. The van der Waals surface area contributed by atoms with Crippen molar-refractivity contribution in [2.24, 2.45) is 5.41 Å². The van der Waals surface area contributed by atoms with Gasteiger partial charge in [0.25, 0.3) is 0 Å². The average molecular weight is 524 g/mol. The maximum absolute atomic E-state index is 11.8. The highest BCUT2D eigenvalue weighted by Gasteiger charge is 2.54. The molecule has 36 heavy (non-hydrogen) atoms. The molecule has 13 heteroatoms. The number of benzene rings is 1. The number of anilines is 2. The highest BCUT2D eigenvalue weighted by molar-refractivity contribution is 7.92. The first-order valence-corrected chi connectivity index (χ1v) is 13.9. The van der Waals surface area contributed by atoms with Crippen molar-refractivity contribution in [2.45, 2.75) is 19.1 Å². The van der Waals surface area contributed by atoms with Gasteiger partial charge in [-0.2, -0.15) is 5.26 Å². The fourth-order valence-electron chi connectivity index (χ4n) is 5.80. The van der Waals surface area contributed by atoms with Crippen molar-refractivity contribution in [1.82, 2.24) is 29.6 Å². The van der Waals surface area contributed by atoms with Gasteiger partial charge in [0.2, 0.25) is 11.9 Å². The molecule has 0 saturated carbocycles. The third-order valence-electron chi connectivity index (χ3n) is 7.55. The molecule has 184 valence electrons. The van der Waals surface area contributed by atoms with Gasteiger partial charge in [0.05, 0.1) is 23.7 Å². The van der Waals surface area contributed by atoms with Gasteiger partial charge in [0.15, 0.2) is 15.7 Å². The van der Waals surface area contributed by atoms with E-state index >= 15 is 0 Å². The summed E-state index contributed by atoms with van der Waals surface area (Å²) in [6.07, 6.45) is 1.62. The fourth-order valence-corrected chi connectivity index (χ4v) is 7.49. The molecular formula is C23H22ClN9O2S. The Morgan fingerprint density at radius 3 is 2.58 bits per heavy atom. The molecule has 3 saturated heterocycles. The van der Waals surface area contributed by atoms with Crippen molar-refractivity contribution in [3.05, 3.63) is 52.6 Å². The number of rotatable bonds is 3. The predicted octanol–water partition coefficient (Wildman–Crippen LogP) is 1.02. The molecule has 0 bridgehead atoms. The molecule has 1 aromatic carbocycles. The summed E-state index contributed by atoms with van der Waals surface area (Å²) in [5.41, 5.74) is 2.52. The molecule has 7 rings (SSSR count). The van der Waals surface area contributed by atoms with Crippen LogP contribution in [-0.2, 0) is 22.9 Å². The fraction of sp³-hybridized carbons (Fsp3) is 0.435. The topological polar surface area (TPSA) is 124 Å². The molecular weight excluding hydrogens is 502 g/mol. The van der Waals surface area contributed by atoms with E-state index in [1.54, 1.807) is 12.3 Å². The van der Waals surface area contributed by atoms with Crippen molar-refractivity contribution in [1.29, 1.82) is 5.26 Å². The maximum Gasteiger partial charge on any atom is 0.231 e. The highest BCUT2D eigenvalue weighted by Crippen LogP contribution is 2.43. The van der Waals surface area contributed by atoms with E-state index in [4.69, 9.17) is 16.9 Å². The molecule has 4 aliphatic heterocycles. The molecule has 1 spiro atoms. The van der Waals surface area contributed by atoms with Gasteiger partial charge >= 0.3 is 0 Å². The third kappa shape index (κ3) is 3.45. The van der Waals surface area contributed by atoms with Crippen molar-refractivity contribution in [3.63, 3.8) is 0 Å². The molecule has 0 atom stereocenters. The summed E-state index contributed by atoms with van der Waals surface area (Å²) in [6, 6.07) is 9.47. The predicted molar refractivity (Wildman–Crippen MR) is 132 cm³/mol. The summed E-state index contributed by atoms with van der Waals surface area (Å²) in [5.74, 6) is 2.54. The normalized spacial score (nSPS) is 22.0. The van der Waals surface area contributed by atoms with Crippen LogP contribution in [0.3, 0.4) is 0 Å². The van der Waals surface area contributed by atoms with Crippen LogP contribution < -0.4 is 9.80 Å². The van der Waals surface area contributed by atoms with Gasteiger partial charge in [-0.05, 0) is 29.8 Å². The minimum atomic E-state index is -2.94. The number of hydrogen-bond donors (Lipinski definition) is 0. The second-order valence-corrected chi connectivity index (χ2v) is 12.8. The van der Waals surface area contributed by atoms with Crippen LogP contribution in [0.15, 0.2) is 30.5 Å². The Morgan fingerprint density at radius 2 is 1.83 bits per heavy atom. The number of hydrogen-bond acceptors (Lipinski definition) is 10. The van der Waals surface area contributed by atoms with Gasteiger partial charge in [-0.3, -0.25) is 9.47 Å². The molecule has 6 heterocycles. The minimum absolute atomic E-state index is 0.0245. The van der Waals surface area contributed by atoms with E-state index in [2.05, 4.69) is 45.5 Å². The average Bonchev–Trinajstić information content (AvgIpc) is 3.11. The van der Waals surface area contributed by atoms with Crippen LogP contribution in [0.2, 0.25) is 5.02 Å². The van der Waals surface area contributed by atoms with Crippen molar-refractivity contribution in [2.75, 3.05) is 47.5 Å². The van der Waals surface area contributed by atoms with Gasteiger partial charge in [-0.25, -0.2) is 18.4 Å². The van der Waals surface area contributed by atoms with Gasteiger partial charge in [0, 0.05) is 55.4 Å².